The maximum absolute atomic E-state index is 13.4. The van der Waals surface area contributed by atoms with Gasteiger partial charge in [0, 0.05) is 31.3 Å². The smallest absolute Gasteiger partial charge is 0.410 e. The number of ether oxygens (including phenoxy) is 1. The van der Waals surface area contributed by atoms with Crippen molar-refractivity contribution in [3.05, 3.63) is 46.1 Å². The second-order valence-corrected chi connectivity index (χ2v) is 7.83. The van der Waals surface area contributed by atoms with Crippen molar-refractivity contribution in [2.45, 2.75) is 45.3 Å². The predicted octanol–water partition coefficient (Wildman–Crippen LogP) is 3.06. The molecule has 8 heteroatoms. The Labute approximate surface area is 161 Å². The highest BCUT2D eigenvalue weighted by Gasteiger charge is 2.28. The first-order chi connectivity index (χ1) is 13.1. The average Bonchev–Trinajstić information content (AvgIpc) is 2.60. The van der Waals surface area contributed by atoms with Crippen molar-refractivity contribution in [3.8, 4) is 0 Å². The van der Waals surface area contributed by atoms with E-state index in [4.69, 9.17) is 9.15 Å². The van der Waals surface area contributed by atoms with Gasteiger partial charge in [-0.2, -0.15) is 0 Å². The van der Waals surface area contributed by atoms with Gasteiger partial charge in [0.25, 0.3) is 5.91 Å². The fourth-order valence-electron chi connectivity index (χ4n) is 3.03. The standard InChI is InChI=1S/C20H23FN2O5/c1-20(2,3)28-19(26)23-8-6-13(7-9-23)22-18(25)17-11-15(24)14-5-4-12(21)10-16(14)27-17/h4-5,10-11,13H,6-9H2,1-3H3,(H,22,25). The number of hydrogen-bond donors (Lipinski definition) is 1. The minimum absolute atomic E-state index is 0.0254. The average molecular weight is 390 g/mol. The Morgan fingerprint density at radius 2 is 1.89 bits per heavy atom. The number of rotatable bonds is 2. The summed E-state index contributed by atoms with van der Waals surface area (Å²) in [6.07, 6.45) is 0.731. The van der Waals surface area contributed by atoms with Crippen LogP contribution >= 0.6 is 0 Å². The molecule has 0 bridgehead atoms. The lowest BCUT2D eigenvalue weighted by atomic mass is 10.1. The van der Waals surface area contributed by atoms with Crippen LogP contribution in [0.25, 0.3) is 11.0 Å². The third kappa shape index (κ3) is 4.68. The van der Waals surface area contributed by atoms with Gasteiger partial charge in [-0.25, -0.2) is 9.18 Å². The summed E-state index contributed by atoms with van der Waals surface area (Å²) in [6, 6.07) is 4.50. The number of benzene rings is 1. The van der Waals surface area contributed by atoms with E-state index >= 15 is 0 Å². The highest BCUT2D eigenvalue weighted by atomic mass is 19.1. The Balaban J connectivity index is 1.63. The number of fused-ring (bicyclic) bond motifs is 1. The first-order valence-corrected chi connectivity index (χ1v) is 9.14. The van der Waals surface area contributed by atoms with E-state index < -0.39 is 22.8 Å². The molecule has 2 amide bonds. The maximum atomic E-state index is 13.4. The number of nitrogens with one attached hydrogen (secondary N) is 1. The van der Waals surface area contributed by atoms with Crippen LogP contribution in [-0.4, -0.2) is 41.6 Å². The Morgan fingerprint density at radius 1 is 1.21 bits per heavy atom. The molecule has 0 radical (unpaired) electrons. The second kappa shape index (κ2) is 7.61. The second-order valence-electron chi connectivity index (χ2n) is 7.83. The first-order valence-electron chi connectivity index (χ1n) is 9.14. The van der Waals surface area contributed by atoms with Crippen LogP contribution in [-0.2, 0) is 4.74 Å². The molecule has 0 unspecified atom stereocenters. The molecule has 3 rings (SSSR count). The lowest BCUT2D eigenvalue weighted by Gasteiger charge is -2.33. The summed E-state index contributed by atoms with van der Waals surface area (Å²) in [4.78, 5) is 38.3. The third-order valence-electron chi connectivity index (χ3n) is 4.40. The zero-order valence-electron chi connectivity index (χ0n) is 16.1. The molecule has 0 atom stereocenters. The van der Waals surface area contributed by atoms with E-state index in [1.54, 1.807) is 25.7 Å². The fourth-order valence-corrected chi connectivity index (χ4v) is 3.03. The number of halogens is 1. The van der Waals surface area contributed by atoms with E-state index in [2.05, 4.69) is 5.32 Å². The van der Waals surface area contributed by atoms with Gasteiger partial charge in [-0.15, -0.1) is 0 Å². The van der Waals surface area contributed by atoms with Crippen molar-refractivity contribution in [2.24, 2.45) is 0 Å². The highest BCUT2D eigenvalue weighted by molar-refractivity contribution is 5.93. The van der Waals surface area contributed by atoms with E-state index in [1.165, 1.54) is 6.07 Å². The van der Waals surface area contributed by atoms with Gasteiger partial charge in [0.1, 0.15) is 17.0 Å². The molecule has 2 aromatic rings. The zero-order valence-corrected chi connectivity index (χ0v) is 16.1. The Morgan fingerprint density at radius 3 is 2.54 bits per heavy atom. The third-order valence-corrected chi connectivity index (χ3v) is 4.40. The van der Waals surface area contributed by atoms with Crippen LogP contribution in [0.4, 0.5) is 9.18 Å². The predicted molar refractivity (Wildman–Crippen MR) is 101 cm³/mol. The Hall–Kier alpha value is -2.90. The van der Waals surface area contributed by atoms with Crippen LogP contribution < -0.4 is 10.7 Å². The molecule has 1 saturated heterocycles. The Kier molecular flexibility index (Phi) is 5.40. The number of likely N-dealkylation sites (tertiary alicyclic amines) is 1. The number of nitrogens with zero attached hydrogens (tertiary/aromatic N) is 1. The van der Waals surface area contributed by atoms with Gasteiger partial charge >= 0.3 is 6.09 Å². The van der Waals surface area contributed by atoms with E-state index in [0.29, 0.717) is 25.9 Å². The highest BCUT2D eigenvalue weighted by Crippen LogP contribution is 2.17. The minimum atomic E-state index is -0.560. The van der Waals surface area contributed by atoms with Crippen LogP contribution in [0, 0.1) is 5.82 Å². The molecule has 1 aromatic heterocycles. The van der Waals surface area contributed by atoms with Gasteiger partial charge in [0.2, 0.25) is 0 Å². The molecule has 150 valence electrons. The van der Waals surface area contributed by atoms with Crippen LogP contribution in [0.2, 0.25) is 0 Å². The van der Waals surface area contributed by atoms with Crippen LogP contribution in [0.15, 0.2) is 33.5 Å². The number of piperidine rings is 1. The molecule has 28 heavy (non-hydrogen) atoms. The van der Waals surface area contributed by atoms with E-state index in [1.807, 2.05) is 0 Å². The van der Waals surface area contributed by atoms with Gasteiger partial charge in [-0.05, 0) is 45.7 Å². The van der Waals surface area contributed by atoms with Crippen molar-refractivity contribution in [3.63, 3.8) is 0 Å². The summed E-state index contributed by atoms with van der Waals surface area (Å²) in [7, 11) is 0. The number of hydrogen-bond acceptors (Lipinski definition) is 5. The van der Waals surface area contributed by atoms with Crippen LogP contribution in [0.3, 0.4) is 0 Å². The molecular weight excluding hydrogens is 367 g/mol. The van der Waals surface area contributed by atoms with E-state index in [9.17, 15) is 18.8 Å². The number of carbonyl (C=O) groups is 2. The molecule has 1 N–H and O–H groups in total. The van der Waals surface area contributed by atoms with Crippen molar-refractivity contribution >= 4 is 23.0 Å². The van der Waals surface area contributed by atoms with Crippen molar-refractivity contribution < 1.29 is 23.1 Å². The normalized spacial score (nSPS) is 15.5. The summed E-state index contributed by atoms with van der Waals surface area (Å²) >= 11 is 0. The van der Waals surface area contributed by atoms with Gasteiger partial charge in [-0.3, -0.25) is 9.59 Å². The molecule has 7 nitrogen and oxygen atoms in total. The molecule has 0 saturated carbocycles. The van der Waals surface area contributed by atoms with E-state index in [0.717, 1.165) is 18.2 Å². The molecule has 1 aliphatic rings. The summed E-state index contributed by atoms with van der Waals surface area (Å²) in [5.41, 5.74) is -0.946. The van der Waals surface area contributed by atoms with Crippen molar-refractivity contribution in [1.82, 2.24) is 10.2 Å². The zero-order chi connectivity index (χ0) is 20.5. The minimum Gasteiger partial charge on any atom is -0.451 e. The molecule has 2 heterocycles. The molecule has 1 aromatic carbocycles. The lowest BCUT2D eigenvalue weighted by molar-refractivity contribution is 0.0199. The number of amides is 2. The topological polar surface area (TPSA) is 88.9 Å². The number of carbonyl (C=O) groups excluding carboxylic acids is 2. The quantitative estimate of drug-likeness (QED) is 0.851. The molecule has 1 fully saturated rings. The van der Waals surface area contributed by atoms with Crippen LogP contribution in [0.5, 0.6) is 0 Å². The Bertz CT molecular complexity index is 955. The van der Waals surface area contributed by atoms with Gasteiger partial charge in [0.05, 0.1) is 5.39 Å². The van der Waals surface area contributed by atoms with Gasteiger partial charge < -0.3 is 19.4 Å². The SMILES string of the molecule is CC(C)(C)OC(=O)N1CCC(NC(=O)c2cc(=O)c3ccc(F)cc3o2)CC1. The molecular formula is C20H23FN2O5. The summed E-state index contributed by atoms with van der Waals surface area (Å²) < 4.78 is 24.1. The van der Waals surface area contributed by atoms with Crippen LogP contribution in [0.1, 0.15) is 44.2 Å². The lowest BCUT2D eigenvalue weighted by Crippen LogP contribution is -2.47. The van der Waals surface area contributed by atoms with Crippen molar-refractivity contribution in [1.29, 1.82) is 0 Å². The summed E-state index contributed by atoms with van der Waals surface area (Å²) in [5.74, 6) is -1.26. The first kappa shape index (κ1) is 19.9. The van der Waals surface area contributed by atoms with Gasteiger partial charge in [-0.1, -0.05) is 0 Å². The monoisotopic (exact) mass is 390 g/mol. The maximum Gasteiger partial charge on any atom is 0.410 e. The fraction of sp³-hybridized carbons (Fsp3) is 0.450. The molecule has 1 aliphatic heterocycles. The summed E-state index contributed by atoms with van der Waals surface area (Å²) in [5, 5.41) is 3.02. The largest absolute Gasteiger partial charge is 0.451 e. The molecule has 0 aliphatic carbocycles. The summed E-state index contributed by atoms with van der Waals surface area (Å²) in [6.45, 7) is 6.32. The molecule has 0 spiro atoms. The van der Waals surface area contributed by atoms with E-state index in [-0.39, 0.29) is 28.9 Å². The van der Waals surface area contributed by atoms with Crippen molar-refractivity contribution in [2.75, 3.05) is 13.1 Å². The van der Waals surface area contributed by atoms with Gasteiger partial charge in [0.15, 0.2) is 11.2 Å².